The molecule has 0 radical (unpaired) electrons. The Hall–Kier alpha value is -1.57. The van der Waals surface area contributed by atoms with Crippen molar-refractivity contribution in [3.05, 3.63) is 54.6 Å². The van der Waals surface area contributed by atoms with E-state index in [1.807, 2.05) is 0 Å². The molecule has 2 aromatic rings. The minimum atomic E-state index is 0.586. The number of nitrogens with zero attached hydrogens (tertiary/aromatic N) is 1. The van der Waals surface area contributed by atoms with Gasteiger partial charge in [0.05, 0.1) is 0 Å². The van der Waals surface area contributed by atoms with E-state index >= 15 is 0 Å². The zero-order valence-corrected chi connectivity index (χ0v) is 22.7. The van der Waals surface area contributed by atoms with E-state index in [4.69, 9.17) is 0 Å². The second-order valence-electron chi connectivity index (χ2n) is 10.7. The van der Waals surface area contributed by atoms with Gasteiger partial charge < -0.3 is 0 Å². The fourth-order valence-corrected chi connectivity index (χ4v) is 5.44. The lowest BCUT2D eigenvalue weighted by Gasteiger charge is -2.21. The first-order valence-corrected chi connectivity index (χ1v) is 14.9. The molecule has 2 nitrogen and oxygen atoms in total. The lowest BCUT2D eigenvalue weighted by molar-refractivity contribution is -0.729. The molecular formula is C32H55N2+. The number of H-pyrrole nitrogens is 1. The molecule has 1 aromatic carbocycles. The van der Waals surface area contributed by atoms with Gasteiger partial charge >= 0.3 is 0 Å². The van der Waals surface area contributed by atoms with Gasteiger partial charge in [-0.3, -0.25) is 4.98 Å². The number of aromatic amines is 1. The standard InChI is InChI=1S/C32H54N2/c1-3-4-5-6-7-8-9-10-11-12-13-14-15-16-17-18-22-25-32(34-27-26-33-29-34)30(2)28-31-23-20-19-21-24-31/h19-21,23-24,26-27,29-30,32H,3-18,22,25,28H2,1-2H3/p+1. The van der Waals surface area contributed by atoms with Crippen molar-refractivity contribution >= 4 is 0 Å². The predicted octanol–water partition coefficient (Wildman–Crippen LogP) is 9.76. The SMILES string of the molecule is CCCCCCCCCCCCCCCCCCCC(C(C)Cc1ccccc1)[n+]1cc[nH]c1. The predicted molar refractivity (Wildman–Crippen MR) is 148 cm³/mol. The molecule has 1 heterocycles. The minimum Gasteiger partial charge on any atom is -0.250 e. The van der Waals surface area contributed by atoms with Gasteiger partial charge in [0.1, 0.15) is 18.4 Å². The first-order valence-electron chi connectivity index (χ1n) is 14.9. The van der Waals surface area contributed by atoms with Crippen LogP contribution in [0.5, 0.6) is 0 Å². The smallest absolute Gasteiger partial charge is 0.241 e. The zero-order chi connectivity index (χ0) is 24.1. The summed E-state index contributed by atoms with van der Waals surface area (Å²) in [6.07, 6.45) is 33.3. The summed E-state index contributed by atoms with van der Waals surface area (Å²) in [5.41, 5.74) is 1.46. The number of rotatable bonds is 22. The third-order valence-electron chi connectivity index (χ3n) is 7.61. The second-order valence-corrected chi connectivity index (χ2v) is 10.7. The molecule has 192 valence electrons. The van der Waals surface area contributed by atoms with Crippen molar-refractivity contribution < 1.29 is 4.57 Å². The molecule has 0 spiro atoms. The Kier molecular flexibility index (Phi) is 16.6. The van der Waals surface area contributed by atoms with Gasteiger partial charge in [-0.05, 0) is 24.8 Å². The molecule has 34 heavy (non-hydrogen) atoms. The molecule has 2 unspecified atom stereocenters. The highest BCUT2D eigenvalue weighted by molar-refractivity contribution is 5.15. The maximum Gasteiger partial charge on any atom is 0.241 e. The van der Waals surface area contributed by atoms with Gasteiger partial charge in [0, 0.05) is 5.92 Å². The summed E-state index contributed by atoms with van der Waals surface area (Å²) in [4.78, 5) is 3.25. The van der Waals surface area contributed by atoms with Crippen molar-refractivity contribution in [3.63, 3.8) is 0 Å². The Morgan fingerprint density at radius 1 is 0.676 bits per heavy atom. The van der Waals surface area contributed by atoms with E-state index in [1.54, 1.807) is 0 Å². The summed E-state index contributed by atoms with van der Waals surface area (Å²) in [5, 5.41) is 0. The van der Waals surface area contributed by atoms with Crippen molar-refractivity contribution in [2.24, 2.45) is 5.92 Å². The molecule has 0 aliphatic carbocycles. The van der Waals surface area contributed by atoms with Crippen LogP contribution in [0.15, 0.2) is 49.1 Å². The van der Waals surface area contributed by atoms with E-state index in [1.165, 1.54) is 121 Å². The van der Waals surface area contributed by atoms with Crippen LogP contribution in [-0.4, -0.2) is 4.98 Å². The maximum atomic E-state index is 3.25. The van der Waals surface area contributed by atoms with Gasteiger partial charge in [0.25, 0.3) is 0 Å². The first kappa shape index (κ1) is 28.7. The highest BCUT2D eigenvalue weighted by Gasteiger charge is 2.23. The van der Waals surface area contributed by atoms with Crippen molar-refractivity contribution in [3.8, 4) is 0 Å². The molecule has 1 aromatic heterocycles. The number of hydrogen-bond donors (Lipinski definition) is 1. The molecule has 0 fully saturated rings. The van der Waals surface area contributed by atoms with E-state index in [9.17, 15) is 0 Å². The average molecular weight is 468 g/mol. The van der Waals surface area contributed by atoms with Crippen LogP contribution in [-0.2, 0) is 6.42 Å². The summed E-state index contributed by atoms with van der Waals surface area (Å²) in [7, 11) is 0. The Bertz CT molecular complexity index is 664. The van der Waals surface area contributed by atoms with Crippen LogP contribution in [0.1, 0.15) is 141 Å². The summed E-state index contributed by atoms with van der Waals surface area (Å²) in [6, 6.07) is 11.6. The van der Waals surface area contributed by atoms with E-state index in [0.717, 1.165) is 6.42 Å². The Morgan fingerprint density at radius 2 is 1.18 bits per heavy atom. The average Bonchev–Trinajstić information content (AvgIpc) is 3.38. The summed E-state index contributed by atoms with van der Waals surface area (Å²) in [6.45, 7) is 4.72. The third kappa shape index (κ3) is 13.4. The monoisotopic (exact) mass is 467 g/mol. The first-order chi connectivity index (χ1) is 16.8. The van der Waals surface area contributed by atoms with Crippen molar-refractivity contribution in [2.75, 3.05) is 0 Å². The highest BCUT2D eigenvalue weighted by atomic mass is 15.1. The number of nitrogens with one attached hydrogen (secondary N) is 1. The summed E-state index contributed by atoms with van der Waals surface area (Å²) >= 11 is 0. The van der Waals surface area contributed by atoms with Crippen LogP contribution >= 0.6 is 0 Å². The molecule has 2 atom stereocenters. The van der Waals surface area contributed by atoms with Crippen LogP contribution in [0.25, 0.3) is 0 Å². The largest absolute Gasteiger partial charge is 0.250 e. The van der Waals surface area contributed by atoms with Gasteiger partial charge in [0.2, 0.25) is 6.33 Å². The lowest BCUT2D eigenvalue weighted by atomic mass is 9.90. The Labute approximate surface area is 212 Å². The second kappa shape index (κ2) is 19.7. The molecule has 0 aliphatic rings. The van der Waals surface area contributed by atoms with Crippen LogP contribution in [0, 0.1) is 5.92 Å². The number of aromatic nitrogens is 2. The van der Waals surface area contributed by atoms with E-state index < -0.39 is 0 Å². The Morgan fingerprint density at radius 3 is 1.65 bits per heavy atom. The highest BCUT2D eigenvalue weighted by Crippen LogP contribution is 2.24. The topological polar surface area (TPSA) is 19.7 Å². The van der Waals surface area contributed by atoms with Crippen LogP contribution < -0.4 is 4.57 Å². The van der Waals surface area contributed by atoms with Crippen LogP contribution in [0.2, 0.25) is 0 Å². The number of benzene rings is 1. The van der Waals surface area contributed by atoms with Gasteiger partial charge in [0.15, 0.2) is 0 Å². The summed E-state index contributed by atoms with van der Waals surface area (Å²) in [5.74, 6) is 0.643. The van der Waals surface area contributed by atoms with E-state index in [2.05, 4.69) is 72.5 Å². The van der Waals surface area contributed by atoms with Crippen LogP contribution in [0.4, 0.5) is 0 Å². The molecule has 0 amide bonds. The zero-order valence-electron chi connectivity index (χ0n) is 22.7. The van der Waals surface area contributed by atoms with Gasteiger partial charge in [-0.15, -0.1) is 0 Å². The molecule has 0 aliphatic heterocycles. The molecule has 2 heteroatoms. The van der Waals surface area contributed by atoms with E-state index in [-0.39, 0.29) is 0 Å². The number of hydrogen-bond acceptors (Lipinski definition) is 0. The van der Waals surface area contributed by atoms with Gasteiger partial charge in [-0.1, -0.05) is 147 Å². The molecular weight excluding hydrogens is 412 g/mol. The lowest BCUT2D eigenvalue weighted by Crippen LogP contribution is -2.41. The fraction of sp³-hybridized carbons (Fsp3) is 0.719. The third-order valence-corrected chi connectivity index (χ3v) is 7.61. The van der Waals surface area contributed by atoms with Gasteiger partial charge in [-0.2, -0.15) is 0 Å². The van der Waals surface area contributed by atoms with Crippen LogP contribution in [0.3, 0.4) is 0 Å². The normalized spacial score (nSPS) is 13.2. The quantitative estimate of drug-likeness (QED) is 0.131. The fourth-order valence-electron chi connectivity index (χ4n) is 5.44. The molecule has 0 saturated carbocycles. The minimum absolute atomic E-state index is 0.586. The van der Waals surface area contributed by atoms with E-state index in [0.29, 0.717) is 12.0 Å². The molecule has 0 bridgehead atoms. The number of unbranched alkanes of at least 4 members (excludes halogenated alkanes) is 16. The number of imidazole rings is 1. The van der Waals surface area contributed by atoms with Crippen molar-refractivity contribution in [1.82, 2.24) is 4.98 Å². The van der Waals surface area contributed by atoms with Gasteiger partial charge in [-0.25, -0.2) is 4.57 Å². The molecule has 0 saturated heterocycles. The summed E-state index contributed by atoms with van der Waals surface area (Å²) < 4.78 is 2.40. The van der Waals surface area contributed by atoms with Crippen molar-refractivity contribution in [2.45, 2.75) is 142 Å². The molecule has 2 rings (SSSR count). The van der Waals surface area contributed by atoms with Crippen molar-refractivity contribution in [1.29, 1.82) is 0 Å². The molecule has 1 N–H and O–H groups in total. The Balaban J connectivity index is 1.45. The maximum absolute atomic E-state index is 3.25.